The second kappa shape index (κ2) is 10.1. The average molecular weight is 344 g/mol. The summed E-state index contributed by atoms with van der Waals surface area (Å²) < 4.78 is 17.7. The van der Waals surface area contributed by atoms with Gasteiger partial charge in [0.05, 0.1) is 5.67 Å². The molecule has 23 heavy (non-hydrogen) atoms. The summed E-state index contributed by atoms with van der Waals surface area (Å²) in [5, 5.41) is 0. The maximum atomic E-state index is 5.89. The van der Waals surface area contributed by atoms with Crippen molar-refractivity contribution in [1.29, 1.82) is 0 Å². The molecule has 0 spiro atoms. The van der Waals surface area contributed by atoms with Gasteiger partial charge in [-0.3, -0.25) is 4.90 Å². The van der Waals surface area contributed by atoms with E-state index < -0.39 is 8.80 Å². The molecule has 1 heterocycles. The Morgan fingerprint density at radius 1 is 0.739 bits per heavy atom. The van der Waals surface area contributed by atoms with Gasteiger partial charge in [0.1, 0.15) is 0 Å². The quantitative estimate of drug-likeness (QED) is 0.682. The SMILES string of the molecule is CO[Si](OC)(OC)C1CCCCCCCN1CC1CCCCC1. The van der Waals surface area contributed by atoms with E-state index in [0.717, 1.165) is 12.3 Å². The topological polar surface area (TPSA) is 30.9 Å². The summed E-state index contributed by atoms with van der Waals surface area (Å²) in [6.07, 6.45) is 14.8. The summed E-state index contributed by atoms with van der Waals surface area (Å²) in [6.45, 7) is 2.38. The van der Waals surface area contributed by atoms with Crippen LogP contribution in [0.2, 0.25) is 0 Å². The van der Waals surface area contributed by atoms with Gasteiger partial charge in [-0.2, -0.15) is 0 Å². The molecule has 0 aromatic rings. The summed E-state index contributed by atoms with van der Waals surface area (Å²) in [4.78, 5) is 2.68. The van der Waals surface area contributed by atoms with Crippen LogP contribution in [0.25, 0.3) is 0 Å². The van der Waals surface area contributed by atoms with E-state index in [2.05, 4.69) is 4.90 Å². The fourth-order valence-corrected chi connectivity index (χ4v) is 7.06. The monoisotopic (exact) mass is 343 g/mol. The van der Waals surface area contributed by atoms with Crippen LogP contribution in [0.4, 0.5) is 0 Å². The van der Waals surface area contributed by atoms with Gasteiger partial charge in [0.15, 0.2) is 0 Å². The largest absolute Gasteiger partial charge is 0.518 e. The lowest BCUT2D eigenvalue weighted by Gasteiger charge is -2.41. The molecular formula is C18H37NO3Si. The molecule has 1 saturated heterocycles. The van der Waals surface area contributed by atoms with Gasteiger partial charge >= 0.3 is 8.80 Å². The van der Waals surface area contributed by atoms with Crippen LogP contribution in [0.1, 0.15) is 70.6 Å². The smallest absolute Gasteiger partial charge is 0.376 e. The molecule has 0 amide bonds. The molecule has 2 fully saturated rings. The Balaban J connectivity index is 2.14. The van der Waals surface area contributed by atoms with Crippen LogP contribution in [0.3, 0.4) is 0 Å². The van der Waals surface area contributed by atoms with E-state index in [0.29, 0.717) is 5.67 Å². The van der Waals surface area contributed by atoms with Crippen molar-refractivity contribution in [2.24, 2.45) is 5.92 Å². The van der Waals surface area contributed by atoms with Gasteiger partial charge in [-0.15, -0.1) is 0 Å². The van der Waals surface area contributed by atoms with Crippen LogP contribution in [-0.4, -0.2) is 53.8 Å². The minimum atomic E-state index is -2.62. The van der Waals surface area contributed by atoms with Gasteiger partial charge in [0.25, 0.3) is 0 Å². The fraction of sp³-hybridized carbons (Fsp3) is 1.00. The minimum absolute atomic E-state index is 0.322. The first kappa shape index (κ1) is 19.4. The third-order valence-electron chi connectivity index (χ3n) is 5.84. The second-order valence-electron chi connectivity index (χ2n) is 7.29. The standard InChI is InChI=1S/C18H37NO3Si/c1-20-23(21-2,22-3)18-14-10-5-4-6-11-15-19(18)16-17-12-8-7-9-13-17/h17-18H,4-16H2,1-3H3. The molecule has 0 N–H and O–H groups in total. The Morgan fingerprint density at radius 2 is 1.26 bits per heavy atom. The van der Waals surface area contributed by atoms with Gasteiger partial charge in [0, 0.05) is 27.9 Å². The Labute approximate surface area is 144 Å². The number of hydrogen-bond donors (Lipinski definition) is 0. The van der Waals surface area contributed by atoms with Crippen LogP contribution < -0.4 is 0 Å². The highest BCUT2D eigenvalue weighted by Gasteiger charge is 2.50. The molecule has 2 rings (SSSR count). The molecule has 0 aromatic heterocycles. The molecule has 1 aliphatic carbocycles. The normalized spacial score (nSPS) is 26.5. The zero-order chi connectivity index (χ0) is 16.5. The Morgan fingerprint density at radius 3 is 1.91 bits per heavy atom. The maximum absolute atomic E-state index is 5.89. The molecule has 1 aliphatic heterocycles. The minimum Gasteiger partial charge on any atom is -0.376 e. The van der Waals surface area contributed by atoms with Crippen molar-refractivity contribution < 1.29 is 13.3 Å². The third kappa shape index (κ3) is 5.26. The molecule has 1 atom stereocenters. The molecule has 136 valence electrons. The molecule has 0 radical (unpaired) electrons. The number of rotatable bonds is 6. The van der Waals surface area contributed by atoms with Crippen LogP contribution in [0.15, 0.2) is 0 Å². The van der Waals surface area contributed by atoms with Gasteiger partial charge in [-0.1, -0.05) is 44.9 Å². The van der Waals surface area contributed by atoms with Crippen LogP contribution in [-0.2, 0) is 13.3 Å². The molecule has 1 saturated carbocycles. The lowest BCUT2D eigenvalue weighted by atomic mass is 9.89. The van der Waals surface area contributed by atoms with E-state index in [4.69, 9.17) is 13.3 Å². The zero-order valence-electron chi connectivity index (χ0n) is 15.5. The van der Waals surface area contributed by atoms with Gasteiger partial charge in [-0.25, -0.2) is 0 Å². The molecule has 4 nitrogen and oxygen atoms in total. The van der Waals surface area contributed by atoms with Gasteiger partial charge in [0.2, 0.25) is 0 Å². The highest BCUT2D eigenvalue weighted by molar-refractivity contribution is 6.62. The lowest BCUT2D eigenvalue weighted by Crippen LogP contribution is -2.62. The average Bonchev–Trinajstić information content (AvgIpc) is 2.71. The highest BCUT2D eigenvalue weighted by Crippen LogP contribution is 2.30. The summed E-state index contributed by atoms with van der Waals surface area (Å²) >= 11 is 0. The third-order valence-corrected chi connectivity index (χ3v) is 9.02. The molecule has 0 bridgehead atoms. The van der Waals surface area contributed by atoms with E-state index >= 15 is 0 Å². The van der Waals surface area contributed by atoms with Crippen molar-refractivity contribution in [1.82, 2.24) is 4.90 Å². The molecule has 2 aliphatic rings. The van der Waals surface area contributed by atoms with Crippen molar-refractivity contribution in [3.05, 3.63) is 0 Å². The Kier molecular flexibility index (Phi) is 8.54. The summed E-state index contributed by atoms with van der Waals surface area (Å²) in [6, 6.07) is 0. The number of nitrogens with zero attached hydrogens (tertiary/aromatic N) is 1. The Bertz CT molecular complexity index is 311. The van der Waals surface area contributed by atoms with Crippen LogP contribution in [0.5, 0.6) is 0 Å². The van der Waals surface area contributed by atoms with Crippen molar-refractivity contribution in [2.75, 3.05) is 34.4 Å². The Hall–Kier alpha value is 0.0569. The zero-order valence-corrected chi connectivity index (χ0v) is 16.5. The van der Waals surface area contributed by atoms with E-state index in [1.807, 2.05) is 0 Å². The molecule has 1 unspecified atom stereocenters. The van der Waals surface area contributed by atoms with Crippen molar-refractivity contribution >= 4 is 8.80 Å². The molecular weight excluding hydrogens is 306 g/mol. The predicted molar refractivity (Wildman–Crippen MR) is 96.4 cm³/mol. The second-order valence-corrected chi connectivity index (χ2v) is 10.4. The number of hydrogen-bond acceptors (Lipinski definition) is 4. The van der Waals surface area contributed by atoms with E-state index in [1.165, 1.54) is 77.3 Å². The molecule has 5 heteroatoms. The summed E-state index contributed by atoms with van der Waals surface area (Å²) in [5.74, 6) is 0.851. The fourth-order valence-electron chi connectivity index (χ4n) is 4.50. The first-order valence-electron chi connectivity index (χ1n) is 9.65. The van der Waals surface area contributed by atoms with Crippen molar-refractivity contribution in [3.8, 4) is 0 Å². The van der Waals surface area contributed by atoms with E-state index in [1.54, 1.807) is 21.3 Å². The first-order chi connectivity index (χ1) is 11.3. The lowest BCUT2D eigenvalue weighted by molar-refractivity contribution is 0.0617. The maximum Gasteiger partial charge on any atom is 0.518 e. The summed E-state index contributed by atoms with van der Waals surface area (Å²) in [5.41, 5.74) is 0.322. The van der Waals surface area contributed by atoms with Gasteiger partial charge in [-0.05, 0) is 38.1 Å². The predicted octanol–water partition coefficient (Wildman–Crippen LogP) is 4.01. The van der Waals surface area contributed by atoms with E-state index in [-0.39, 0.29) is 0 Å². The first-order valence-corrected chi connectivity index (χ1v) is 11.5. The van der Waals surface area contributed by atoms with Crippen LogP contribution >= 0.6 is 0 Å². The van der Waals surface area contributed by atoms with E-state index in [9.17, 15) is 0 Å². The van der Waals surface area contributed by atoms with Crippen molar-refractivity contribution in [3.63, 3.8) is 0 Å². The van der Waals surface area contributed by atoms with Gasteiger partial charge < -0.3 is 13.3 Å². The van der Waals surface area contributed by atoms with Crippen LogP contribution in [0, 0.1) is 5.92 Å². The highest BCUT2D eigenvalue weighted by atomic mass is 28.4. The summed E-state index contributed by atoms with van der Waals surface area (Å²) in [7, 11) is 2.69. The van der Waals surface area contributed by atoms with Crippen molar-refractivity contribution in [2.45, 2.75) is 76.3 Å². The molecule has 0 aromatic carbocycles.